The number of benzene rings is 1. The Morgan fingerprint density at radius 3 is 2.62 bits per heavy atom. The van der Waals surface area contributed by atoms with Crippen LogP contribution in [0.2, 0.25) is 0 Å². The topological polar surface area (TPSA) is 92.5 Å². The molecule has 0 bridgehead atoms. The molecule has 1 aromatic rings. The minimum Gasteiger partial charge on any atom is -0.294 e. The van der Waals surface area contributed by atoms with Gasteiger partial charge in [0, 0.05) is 12.2 Å². The average molecular weight is 307 g/mol. The molecule has 1 fully saturated rings. The van der Waals surface area contributed by atoms with Crippen molar-refractivity contribution in [2.75, 3.05) is 5.75 Å². The first-order valence-electron chi connectivity index (χ1n) is 6.59. The van der Waals surface area contributed by atoms with E-state index in [4.69, 9.17) is 5.84 Å². The van der Waals surface area contributed by atoms with E-state index in [-0.39, 0.29) is 29.5 Å². The fourth-order valence-electron chi connectivity index (χ4n) is 2.06. The molecule has 1 saturated heterocycles. The van der Waals surface area contributed by atoms with Crippen LogP contribution in [0.25, 0.3) is 0 Å². The molecule has 21 heavy (non-hydrogen) atoms. The number of carbonyl (C=O) groups excluding carboxylic acids is 3. The molecule has 0 saturated carbocycles. The van der Waals surface area contributed by atoms with Gasteiger partial charge in [0.25, 0.3) is 5.24 Å². The lowest BCUT2D eigenvalue weighted by atomic mass is 9.99. The highest BCUT2D eigenvalue weighted by atomic mass is 32.2. The van der Waals surface area contributed by atoms with Crippen LogP contribution in [-0.4, -0.2) is 27.7 Å². The summed E-state index contributed by atoms with van der Waals surface area (Å²) in [5.74, 6) is 4.91. The molecule has 1 heterocycles. The van der Waals surface area contributed by atoms with Crippen LogP contribution >= 0.6 is 11.8 Å². The highest BCUT2D eigenvalue weighted by Gasteiger charge is 2.26. The number of rotatable bonds is 4. The van der Waals surface area contributed by atoms with Crippen LogP contribution in [0.15, 0.2) is 24.3 Å². The standard InChI is InChI=1S/C14H17N3O3S/c1-9(13(19)16-15)11-4-2-10(3-5-11)8-17-12(18)6-7-21-14(17)20/h2-5,9H,6-8,15H2,1H3,(H,16,19). The number of nitrogens with two attached hydrogens (primary N) is 1. The number of nitrogens with one attached hydrogen (secondary N) is 1. The molecule has 0 aromatic heterocycles. The van der Waals surface area contributed by atoms with Gasteiger partial charge in [0.1, 0.15) is 0 Å². The molecule has 1 aromatic carbocycles. The Bertz CT molecular complexity index is 543. The van der Waals surface area contributed by atoms with Gasteiger partial charge in [-0.25, -0.2) is 5.84 Å². The van der Waals surface area contributed by atoms with Gasteiger partial charge in [-0.3, -0.25) is 24.7 Å². The van der Waals surface area contributed by atoms with Crippen LogP contribution in [0.5, 0.6) is 0 Å². The van der Waals surface area contributed by atoms with E-state index in [1.165, 1.54) is 4.90 Å². The third kappa shape index (κ3) is 3.62. The van der Waals surface area contributed by atoms with E-state index in [1.54, 1.807) is 19.1 Å². The van der Waals surface area contributed by atoms with Crippen LogP contribution < -0.4 is 11.3 Å². The fraction of sp³-hybridized carbons (Fsp3) is 0.357. The molecule has 3 amide bonds. The van der Waals surface area contributed by atoms with Crippen molar-refractivity contribution in [1.82, 2.24) is 10.3 Å². The molecule has 112 valence electrons. The second kappa shape index (κ2) is 6.73. The monoisotopic (exact) mass is 307 g/mol. The van der Waals surface area contributed by atoms with Gasteiger partial charge in [-0.15, -0.1) is 0 Å². The first kappa shape index (κ1) is 15.5. The summed E-state index contributed by atoms with van der Waals surface area (Å²) in [6.07, 6.45) is 0.391. The normalized spacial score (nSPS) is 16.8. The van der Waals surface area contributed by atoms with Crippen molar-refractivity contribution in [1.29, 1.82) is 0 Å². The van der Waals surface area contributed by atoms with Crippen molar-refractivity contribution in [2.24, 2.45) is 5.84 Å². The molecule has 3 N–H and O–H groups in total. The van der Waals surface area contributed by atoms with Gasteiger partial charge in [0.15, 0.2) is 0 Å². The van der Waals surface area contributed by atoms with Crippen LogP contribution in [0, 0.1) is 0 Å². The number of amides is 3. The van der Waals surface area contributed by atoms with E-state index in [1.807, 2.05) is 12.1 Å². The van der Waals surface area contributed by atoms with E-state index in [2.05, 4.69) is 5.43 Å². The molecule has 0 spiro atoms. The molecule has 1 aliphatic rings. The maximum Gasteiger partial charge on any atom is 0.288 e. The summed E-state index contributed by atoms with van der Waals surface area (Å²) in [5, 5.41) is -0.203. The second-order valence-corrected chi connectivity index (χ2v) is 5.86. The lowest BCUT2D eigenvalue weighted by molar-refractivity contribution is -0.128. The summed E-state index contributed by atoms with van der Waals surface area (Å²) < 4.78 is 0. The van der Waals surface area contributed by atoms with Gasteiger partial charge in [-0.2, -0.15) is 0 Å². The summed E-state index contributed by atoms with van der Waals surface area (Å²) in [6, 6.07) is 7.24. The van der Waals surface area contributed by atoms with Gasteiger partial charge in [0.2, 0.25) is 11.8 Å². The largest absolute Gasteiger partial charge is 0.294 e. The van der Waals surface area contributed by atoms with Crippen molar-refractivity contribution in [3.05, 3.63) is 35.4 Å². The molecule has 6 nitrogen and oxygen atoms in total. The van der Waals surface area contributed by atoms with E-state index in [0.29, 0.717) is 12.2 Å². The van der Waals surface area contributed by atoms with Crippen molar-refractivity contribution < 1.29 is 14.4 Å². The Morgan fingerprint density at radius 2 is 2.05 bits per heavy atom. The molecule has 7 heteroatoms. The van der Waals surface area contributed by atoms with Gasteiger partial charge in [-0.1, -0.05) is 36.0 Å². The Hall–Kier alpha value is -1.86. The smallest absolute Gasteiger partial charge is 0.288 e. The summed E-state index contributed by atoms with van der Waals surface area (Å²) in [6.45, 7) is 2.02. The maximum atomic E-state index is 11.7. The number of hydrogen-bond donors (Lipinski definition) is 2. The first-order chi connectivity index (χ1) is 10.0. The number of carbonyl (C=O) groups is 3. The zero-order chi connectivity index (χ0) is 15.4. The third-order valence-corrected chi connectivity index (χ3v) is 4.29. The number of nitrogens with zero attached hydrogens (tertiary/aromatic N) is 1. The highest BCUT2D eigenvalue weighted by Crippen LogP contribution is 2.22. The Morgan fingerprint density at radius 1 is 1.38 bits per heavy atom. The summed E-state index contributed by atoms with van der Waals surface area (Å²) in [5.41, 5.74) is 3.79. The van der Waals surface area contributed by atoms with Crippen LogP contribution in [0.1, 0.15) is 30.4 Å². The molecule has 0 radical (unpaired) electrons. The molecular formula is C14H17N3O3S. The van der Waals surface area contributed by atoms with Crippen molar-refractivity contribution in [3.63, 3.8) is 0 Å². The van der Waals surface area contributed by atoms with Gasteiger partial charge >= 0.3 is 0 Å². The predicted molar refractivity (Wildman–Crippen MR) is 80.2 cm³/mol. The van der Waals surface area contributed by atoms with Crippen LogP contribution in [0.4, 0.5) is 4.79 Å². The van der Waals surface area contributed by atoms with E-state index in [9.17, 15) is 14.4 Å². The zero-order valence-corrected chi connectivity index (χ0v) is 12.5. The molecule has 1 atom stereocenters. The van der Waals surface area contributed by atoms with Crippen LogP contribution in [-0.2, 0) is 16.1 Å². The lowest BCUT2D eigenvalue weighted by Gasteiger charge is -2.24. The molecule has 0 aliphatic carbocycles. The van der Waals surface area contributed by atoms with Crippen molar-refractivity contribution in [2.45, 2.75) is 25.8 Å². The minimum atomic E-state index is -0.349. The SMILES string of the molecule is CC(C(=O)NN)c1ccc(CN2C(=O)CCSC2=O)cc1. The Balaban J connectivity index is 2.07. The number of hydrogen-bond acceptors (Lipinski definition) is 5. The number of imide groups is 1. The van der Waals surface area contributed by atoms with Gasteiger partial charge in [-0.05, 0) is 18.1 Å². The molecule has 1 aliphatic heterocycles. The Labute approximate surface area is 127 Å². The summed E-state index contributed by atoms with van der Waals surface area (Å²) >= 11 is 1.16. The van der Waals surface area contributed by atoms with Gasteiger partial charge < -0.3 is 0 Å². The summed E-state index contributed by atoms with van der Waals surface area (Å²) in [4.78, 5) is 36.2. The van der Waals surface area contributed by atoms with Crippen molar-refractivity contribution >= 4 is 28.8 Å². The van der Waals surface area contributed by atoms with E-state index < -0.39 is 0 Å². The molecule has 2 rings (SSSR count). The van der Waals surface area contributed by atoms with Crippen molar-refractivity contribution in [3.8, 4) is 0 Å². The fourth-order valence-corrected chi connectivity index (χ4v) is 2.84. The lowest BCUT2D eigenvalue weighted by Crippen LogP contribution is -2.37. The number of thioether (sulfide) groups is 1. The predicted octanol–water partition coefficient (Wildman–Crippen LogP) is 1.37. The Kier molecular flexibility index (Phi) is 4.98. The van der Waals surface area contributed by atoms with Gasteiger partial charge in [0.05, 0.1) is 12.5 Å². The van der Waals surface area contributed by atoms with Crippen LogP contribution in [0.3, 0.4) is 0 Å². The molecule has 1 unspecified atom stereocenters. The average Bonchev–Trinajstić information content (AvgIpc) is 2.50. The second-order valence-electron chi connectivity index (χ2n) is 4.82. The van der Waals surface area contributed by atoms with E-state index >= 15 is 0 Å². The summed E-state index contributed by atoms with van der Waals surface area (Å²) in [7, 11) is 0. The zero-order valence-electron chi connectivity index (χ0n) is 11.7. The minimum absolute atomic E-state index is 0.140. The maximum absolute atomic E-state index is 11.7. The van der Waals surface area contributed by atoms with E-state index in [0.717, 1.165) is 22.9 Å². The molecular weight excluding hydrogens is 290 g/mol. The quantitative estimate of drug-likeness (QED) is 0.498. The first-order valence-corrected chi connectivity index (χ1v) is 7.58. The number of hydrazine groups is 1. The highest BCUT2D eigenvalue weighted by molar-refractivity contribution is 8.13. The third-order valence-electron chi connectivity index (χ3n) is 3.42.